The molecule has 4 rings (SSSR count). The Hall–Kier alpha value is -1.13. The van der Waals surface area contributed by atoms with E-state index in [1.54, 1.807) is 0 Å². The fourth-order valence-electron chi connectivity index (χ4n) is 6.99. The summed E-state index contributed by atoms with van der Waals surface area (Å²) in [6.45, 7) is 10.3. The zero-order chi connectivity index (χ0) is 18.7. The van der Waals surface area contributed by atoms with E-state index in [4.69, 9.17) is 5.73 Å². The Balaban J connectivity index is 1.70. The minimum absolute atomic E-state index is 0.0973. The fourth-order valence-corrected chi connectivity index (χ4v) is 6.99. The molecule has 6 atom stereocenters. The van der Waals surface area contributed by atoms with E-state index >= 15 is 0 Å². The lowest BCUT2D eigenvalue weighted by molar-refractivity contribution is -0.0538. The molecule has 3 aliphatic carbocycles. The van der Waals surface area contributed by atoms with Crippen LogP contribution >= 0.6 is 0 Å². The third-order valence-corrected chi connectivity index (χ3v) is 8.82. The fraction of sp³-hybridized carbons (Fsp3) is 0.773. The molecule has 0 radical (unpaired) electrons. The van der Waals surface area contributed by atoms with E-state index in [0.717, 1.165) is 25.8 Å². The van der Waals surface area contributed by atoms with Gasteiger partial charge in [-0.3, -0.25) is 4.68 Å². The first kappa shape index (κ1) is 18.2. The van der Waals surface area contributed by atoms with Gasteiger partial charge >= 0.3 is 0 Å². The van der Waals surface area contributed by atoms with Gasteiger partial charge in [0.2, 0.25) is 0 Å². The third-order valence-electron chi connectivity index (χ3n) is 8.82. The monoisotopic (exact) mass is 357 g/mol. The van der Waals surface area contributed by atoms with Crippen LogP contribution in [0.15, 0.2) is 18.3 Å². The normalized spacial score (nSPS) is 42.6. The van der Waals surface area contributed by atoms with Gasteiger partial charge in [-0.1, -0.05) is 26.0 Å². The summed E-state index contributed by atoms with van der Waals surface area (Å²) in [6, 6.07) is 0. The maximum atomic E-state index is 10.3. The molecule has 3 N–H and O–H groups in total. The predicted molar refractivity (Wildman–Crippen MR) is 105 cm³/mol. The molecule has 0 unspecified atom stereocenters. The highest BCUT2D eigenvalue weighted by molar-refractivity contribution is 5.27. The number of aliphatic hydroxyl groups is 1. The number of nitrogens with zero attached hydrogens (tertiary/aromatic N) is 2. The molecule has 3 aliphatic rings. The zero-order valence-corrected chi connectivity index (χ0v) is 16.7. The van der Waals surface area contributed by atoms with Crippen molar-refractivity contribution in [1.82, 2.24) is 9.78 Å². The summed E-state index contributed by atoms with van der Waals surface area (Å²) in [4.78, 5) is 0. The van der Waals surface area contributed by atoms with Gasteiger partial charge < -0.3 is 10.8 Å². The van der Waals surface area contributed by atoms with Crippen molar-refractivity contribution >= 4 is 0 Å². The first-order valence-corrected chi connectivity index (χ1v) is 10.3. The second-order valence-corrected chi connectivity index (χ2v) is 9.72. The summed E-state index contributed by atoms with van der Waals surface area (Å²) in [7, 11) is 2.02. The molecule has 2 saturated carbocycles. The number of hydrogen-bond acceptors (Lipinski definition) is 3. The van der Waals surface area contributed by atoms with Crippen molar-refractivity contribution in [1.29, 1.82) is 0 Å². The largest absolute Gasteiger partial charge is 0.396 e. The van der Waals surface area contributed by atoms with E-state index in [1.807, 2.05) is 17.9 Å². The molecule has 1 heterocycles. The van der Waals surface area contributed by atoms with Gasteiger partial charge in [-0.25, -0.2) is 0 Å². The van der Waals surface area contributed by atoms with Gasteiger partial charge in [0.1, 0.15) is 0 Å². The van der Waals surface area contributed by atoms with Crippen molar-refractivity contribution < 1.29 is 5.11 Å². The minimum atomic E-state index is 0.0973. The summed E-state index contributed by atoms with van der Waals surface area (Å²) in [5, 5.41) is 14.8. The summed E-state index contributed by atoms with van der Waals surface area (Å²) in [5.41, 5.74) is 10.9. The molecule has 0 spiro atoms. The number of aryl methyl sites for hydroxylation is 1. The Morgan fingerprint density at radius 2 is 2.12 bits per heavy atom. The van der Waals surface area contributed by atoms with E-state index in [2.05, 4.69) is 25.5 Å². The average molecular weight is 358 g/mol. The molecule has 4 nitrogen and oxygen atoms in total. The van der Waals surface area contributed by atoms with Gasteiger partial charge in [0.05, 0.1) is 6.20 Å². The van der Waals surface area contributed by atoms with Gasteiger partial charge in [0.15, 0.2) is 0 Å². The smallest absolute Gasteiger partial charge is 0.0524 e. The van der Waals surface area contributed by atoms with Crippen LogP contribution < -0.4 is 5.73 Å². The number of aliphatic hydroxyl groups excluding tert-OH is 1. The third kappa shape index (κ3) is 2.37. The number of aromatic nitrogens is 2. The number of hydrogen-bond donors (Lipinski definition) is 2. The maximum absolute atomic E-state index is 10.3. The molecular formula is C22H35N3O. The Morgan fingerprint density at radius 1 is 1.35 bits per heavy atom. The number of nitrogens with two attached hydrogens (primary N) is 1. The molecule has 1 aromatic rings. The van der Waals surface area contributed by atoms with Crippen molar-refractivity contribution in [3.05, 3.63) is 29.6 Å². The highest BCUT2D eigenvalue weighted by Gasteiger charge is 2.56. The summed E-state index contributed by atoms with van der Waals surface area (Å²) in [6.07, 6.45) is 8.84. The summed E-state index contributed by atoms with van der Waals surface area (Å²) < 4.78 is 2.00. The SMILES string of the molecule is C=C1CC[C@H]2[C@H](CN)[C@@H]([C@@]3(C)Cc4cnn(C)c4C[C@@H]3CO)CC[C@]12C. The van der Waals surface area contributed by atoms with Crippen molar-refractivity contribution in [2.45, 2.75) is 52.4 Å². The average Bonchev–Trinajstić information content (AvgIpc) is 3.13. The van der Waals surface area contributed by atoms with E-state index in [9.17, 15) is 5.11 Å². The van der Waals surface area contributed by atoms with Crippen molar-refractivity contribution in [3.8, 4) is 0 Å². The van der Waals surface area contributed by atoms with Crippen LogP contribution in [0, 0.1) is 34.5 Å². The Bertz CT molecular complexity index is 710. The molecule has 2 fully saturated rings. The lowest BCUT2D eigenvalue weighted by Crippen LogP contribution is -2.53. The van der Waals surface area contributed by atoms with Gasteiger partial charge in [0.25, 0.3) is 0 Å². The van der Waals surface area contributed by atoms with Crippen LogP contribution in [0.1, 0.15) is 50.8 Å². The molecule has 0 saturated heterocycles. The van der Waals surface area contributed by atoms with Gasteiger partial charge in [-0.15, -0.1) is 0 Å². The molecule has 1 aromatic heterocycles. The molecule has 4 heteroatoms. The van der Waals surface area contributed by atoms with Crippen molar-refractivity contribution in [2.75, 3.05) is 13.2 Å². The van der Waals surface area contributed by atoms with Crippen LogP contribution in [-0.4, -0.2) is 28.0 Å². The predicted octanol–water partition coefficient (Wildman–Crippen LogP) is 3.09. The Labute approximate surface area is 157 Å². The molecule has 0 amide bonds. The Kier molecular flexibility index (Phi) is 4.35. The van der Waals surface area contributed by atoms with Gasteiger partial charge in [-0.05, 0) is 85.1 Å². The standard InChI is InChI=1S/C22H35N3O/c1-14-5-6-18-17(11-23)19(7-8-21(14,18)2)22(3)10-15-12-24-25(4)20(15)9-16(22)13-26/h12,16-19,26H,1,5-11,13,23H2,2-4H3/t16-,17+,18+,19+,21-,22+/m1/s1. The topological polar surface area (TPSA) is 64.1 Å². The van der Waals surface area contributed by atoms with Crippen LogP contribution in [0.4, 0.5) is 0 Å². The lowest BCUT2D eigenvalue weighted by atomic mass is 9.49. The van der Waals surface area contributed by atoms with Crippen LogP contribution in [0.25, 0.3) is 0 Å². The summed E-state index contributed by atoms with van der Waals surface area (Å²) in [5.74, 6) is 2.05. The van der Waals surface area contributed by atoms with Gasteiger partial charge in [0, 0.05) is 19.3 Å². The summed E-state index contributed by atoms with van der Waals surface area (Å²) >= 11 is 0. The second-order valence-electron chi connectivity index (χ2n) is 9.72. The number of fused-ring (bicyclic) bond motifs is 2. The second kappa shape index (κ2) is 6.20. The highest BCUT2D eigenvalue weighted by Crippen LogP contribution is 2.62. The minimum Gasteiger partial charge on any atom is -0.396 e. The molecule has 0 aromatic carbocycles. The van der Waals surface area contributed by atoms with Crippen LogP contribution in [0.5, 0.6) is 0 Å². The molecule has 144 valence electrons. The van der Waals surface area contributed by atoms with Crippen LogP contribution in [-0.2, 0) is 19.9 Å². The van der Waals surface area contributed by atoms with E-state index in [1.165, 1.54) is 36.1 Å². The van der Waals surface area contributed by atoms with E-state index in [0.29, 0.717) is 23.7 Å². The number of rotatable bonds is 3. The highest BCUT2D eigenvalue weighted by atomic mass is 16.3. The number of allylic oxidation sites excluding steroid dienone is 1. The molecular weight excluding hydrogens is 322 g/mol. The van der Waals surface area contributed by atoms with E-state index in [-0.39, 0.29) is 17.4 Å². The zero-order valence-electron chi connectivity index (χ0n) is 16.7. The van der Waals surface area contributed by atoms with Gasteiger partial charge in [-0.2, -0.15) is 5.10 Å². The van der Waals surface area contributed by atoms with E-state index < -0.39 is 0 Å². The van der Waals surface area contributed by atoms with Crippen molar-refractivity contribution in [3.63, 3.8) is 0 Å². The lowest BCUT2D eigenvalue weighted by Gasteiger charge is -2.55. The first-order chi connectivity index (χ1) is 12.3. The maximum Gasteiger partial charge on any atom is 0.0524 e. The molecule has 0 aliphatic heterocycles. The van der Waals surface area contributed by atoms with Crippen LogP contribution in [0.3, 0.4) is 0 Å². The van der Waals surface area contributed by atoms with Crippen LogP contribution in [0.2, 0.25) is 0 Å². The molecule has 0 bridgehead atoms. The Morgan fingerprint density at radius 3 is 2.81 bits per heavy atom. The molecule has 26 heavy (non-hydrogen) atoms. The quantitative estimate of drug-likeness (QED) is 0.817. The first-order valence-electron chi connectivity index (χ1n) is 10.3. The van der Waals surface area contributed by atoms with Crippen molar-refractivity contribution in [2.24, 2.45) is 47.3 Å².